The van der Waals surface area contributed by atoms with Gasteiger partial charge in [-0.05, 0) is 49.5 Å². The van der Waals surface area contributed by atoms with Crippen LogP contribution in [-0.4, -0.2) is 39.4 Å². The molecular formula is C27H30N4O2. The number of anilines is 1. The second kappa shape index (κ2) is 9.61. The van der Waals surface area contributed by atoms with Crippen molar-refractivity contribution in [3.63, 3.8) is 0 Å². The molecule has 2 aliphatic rings. The molecule has 1 saturated carbocycles. The van der Waals surface area contributed by atoms with Crippen LogP contribution in [0.5, 0.6) is 0 Å². The monoisotopic (exact) mass is 442 g/mol. The number of hydrogen-bond donors (Lipinski definition) is 1. The largest absolute Gasteiger partial charge is 0.339 e. The summed E-state index contributed by atoms with van der Waals surface area (Å²) >= 11 is 0. The van der Waals surface area contributed by atoms with Gasteiger partial charge in [0.1, 0.15) is 0 Å². The highest BCUT2D eigenvalue weighted by molar-refractivity contribution is 5.94. The summed E-state index contributed by atoms with van der Waals surface area (Å²) in [6, 6.07) is 18.3. The summed E-state index contributed by atoms with van der Waals surface area (Å²) in [6.07, 6.45) is 9.49. The SMILES string of the molecule is O=C(Nc1nc2ccccc2n1C1CCCC1)C1CCN(C(=O)C=Cc2ccccc2)CC1. The lowest BCUT2D eigenvalue weighted by molar-refractivity contribution is -0.130. The van der Waals surface area contributed by atoms with E-state index in [9.17, 15) is 9.59 Å². The fourth-order valence-corrected chi connectivity index (χ4v) is 5.08. The van der Waals surface area contributed by atoms with Gasteiger partial charge in [0.2, 0.25) is 17.8 Å². The van der Waals surface area contributed by atoms with Crippen molar-refractivity contribution in [1.82, 2.24) is 14.5 Å². The minimum Gasteiger partial charge on any atom is -0.339 e. The Morgan fingerprint density at radius 1 is 0.909 bits per heavy atom. The molecule has 0 unspecified atom stereocenters. The van der Waals surface area contributed by atoms with Gasteiger partial charge in [0.15, 0.2) is 0 Å². The predicted molar refractivity (Wildman–Crippen MR) is 131 cm³/mol. The first-order valence-corrected chi connectivity index (χ1v) is 12.0. The minimum atomic E-state index is -0.107. The fourth-order valence-electron chi connectivity index (χ4n) is 5.08. The smallest absolute Gasteiger partial charge is 0.246 e. The van der Waals surface area contributed by atoms with E-state index < -0.39 is 0 Å². The summed E-state index contributed by atoms with van der Waals surface area (Å²) in [7, 11) is 0. The number of hydrogen-bond acceptors (Lipinski definition) is 3. The summed E-state index contributed by atoms with van der Waals surface area (Å²) in [6.45, 7) is 1.18. The number of para-hydroxylation sites is 2. The van der Waals surface area contributed by atoms with E-state index in [1.54, 1.807) is 6.08 Å². The molecule has 0 atom stereocenters. The molecule has 2 aromatic carbocycles. The average Bonchev–Trinajstić information content (AvgIpc) is 3.50. The van der Waals surface area contributed by atoms with E-state index >= 15 is 0 Å². The van der Waals surface area contributed by atoms with Gasteiger partial charge in [0, 0.05) is 31.1 Å². The minimum absolute atomic E-state index is 0.000683. The number of carbonyl (C=O) groups is 2. The molecule has 1 N–H and O–H groups in total. The number of imidazole rings is 1. The summed E-state index contributed by atoms with van der Waals surface area (Å²) < 4.78 is 2.23. The Balaban J connectivity index is 1.22. The van der Waals surface area contributed by atoms with Crippen molar-refractivity contribution in [1.29, 1.82) is 0 Å². The molecule has 3 aromatic rings. The third kappa shape index (κ3) is 4.70. The van der Waals surface area contributed by atoms with E-state index in [-0.39, 0.29) is 17.7 Å². The molecule has 5 rings (SSSR count). The van der Waals surface area contributed by atoms with Crippen molar-refractivity contribution in [2.75, 3.05) is 18.4 Å². The molecule has 2 fully saturated rings. The molecule has 1 saturated heterocycles. The number of nitrogens with zero attached hydrogens (tertiary/aromatic N) is 3. The molecule has 170 valence electrons. The van der Waals surface area contributed by atoms with E-state index in [1.807, 2.05) is 59.5 Å². The predicted octanol–water partition coefficient (Wildman–Crippen LogP) is 5.04. The van der Waals surface area contributed by atoms with Gasteiger partial charge in [-0.3, -0.25) is 14.9 Å². The highest BCUT2D eigenvalue weighted by atomic mass is 16.2. The fraction of sp³-hybridized carbons (Fsp3) is 0.370. The number of fused-ring (bicyclic) bond motifs is 1. The van der Waals surface area contributed by atoms with Gasteiger partial charge in [-0.25, -0.2) is 4.98 Å². The van der Waals surface area contributed by atoms with Gasteiger partial charge in [-0.2, -0.15) is 0 Å². The third-order valence-electron chi connectivity index (χ3n) is 6.92. The molecule has 1 aliphatic heterocycles. The van der Waals surface area contributed by atoms with Crippen molar-refractivity contribution < 1.29 is 9.59 Å². The van der Waals surface area contributed by atoms with Crippen LogP contribution in [0.1, 0.15) is 50.1 Å². The van der Waals surface area contributed by atoms with Gasteiger partial charge in [-0.15, -0.1) is 0 Å². The highest BCUT2D eigenvalue weighted by Crippen LogP contribution is 2.35. The maximum absolute atomic E-state index is 13.1. The van der Waals surface area contributed by atoms with E-state index in [0.717, 1.165) is 29.4 Å². The maximum atomic E-state index is 13.1. The summed E-state index contributed by atoms with van der Waals surface area (Å²) in [5.41, 5.74) is 3.01. The molecule has 2 heterocycles. The number of piperidine rings is 1. The third-order valence-corrected chi connectivity index (χ3v) is 6.92. The average molecular weight is 443 g/mol. The van der Waals surface area contributed by atoms with Crippen molar-refractivity contribution in [3.8, 4) is 0 Å². The Labute approximate surface area is 194 Å². The molecule has 0 bridgehead atoms. The first-order chi connectivity index (χ1) is 16.2. The number of amides is 2. The number of carbonyl (C=O) groups excluding carboxylic acids is 2. The number of nitrogens with one attached hydrogen (secondary N) is 1. The molecule has 1 aliphatic carbocycles. The van der Waals surface area contributed by atoms with E-state index in [1.165, 1.54) is 12.8 Å². The highest BCUT2D eigenvalue weighted by Gasteiger charge is 2.29. The zero-order valence-corrected chi connectivity index (χ0v) is 18.8. The summed E-state index contributed by atoms with van der Waals surface area (Å²) in [5.74, 6) is 0.568. The first-order valence-electron chi connectivity index (χ1n) is 12.0. The van der Waals surface area contributed by atoms with Crippen LogP contribution in [0.2, 0.25) is 0 Å². The van der Waals surface area contributed by atoms with Crippen LogP contribution in [0.25, 0.3) is 17.1 Å². The van der Waals surface area contributed by atoms with Crippen LogP contribution in [0, 0.1) is 5.92 Å². The number of benzene rings is 2. The molecule has 1 aromatic heterocycles. The Bertz CT molecular complexity index is 1150. The number of likely N-dealkylation sites (tertiary alicyclic amines) is 1. The molecule has 6 heteroatoms. The van der Waals surface area contributed by atoms with Crippen molar-refractivity contribution in [3.05, 3.63) is 66.2 Å². The van der Waals surface area contributed by atoms with Crippen molar-refractivity contribution >= 4 is 34.9 Å². The Morgan fingerprint density at radius 2 is 1.61 bits per heavy atom. The molecule has 0 spiro atoms. The van der Waals surface area contributed by atoms with Crippen LogP contribution >= 0.6 is 0 Å². The lowest BCUT2D eigenvalue weighted by Crippen LogP contribution is -2.41. The first kappa shape index (κ1) is 21.4. The standard InChI is InChI=1S/C27H30N4O2/c32-25(15-14-20-8-2-1-3-9-20)30-18-16-21(17-19-30)26(33)29-27-28-23-12-6-7-13-24(23)31(27)22-10-4-5-11-22/h1-3,6-9,12-15,21-22H,4-5,10-11,16-19H2,(H,28,29,33). The van der Waals surface area contributed by atoms with Crippen LogP contribution < -0.4 is 5.32 Å². The molecule has 2 amide bonds. The Kier molecular flexibility index (Phi) is 6.24. The lowest BCUT2D eigenvalue weighted by atomic mass is 9.96. The second-order valence-corrected chi connectivity index (χ2v) is 9.07. The number of rotatable bonds is 5. The van der Waals surface area contributed by atoms with Gasteiger partial charge in [-0.1, -0.05) is 55.3 Å². The van der Waals surface area contributed by atoms with Gasteiger partial charge >= 0.3 is 0 Å². The van der Waals surface area contributed by atoms with Crippen LogP contribution in [0.4, 0.5) is 5.95 Å². The molecule has 0 radical (unpaired) electrons. The van der Waals surface area contributed by atoms with Crippen LogP contribution in [0.3, 0.4) is 0 Å². The topological polar surface area (TPSA) is 67.2 Å². The van der Waals surface area contributed by atoms with Crippen molar-refractivity contribution in [2.24, 2.45) is 5.92 Å². The van der Waals surface area contributed by atoms with Gasteiger partial charge in [0.05, 0.1) is 11.0 Å². The lowest BCUT2D eigenvalue weighted by Gasteiger charge is -2.30. The van der Waals surface area contributed by atoms with E-state index in [2.05, 4.69) is 16.0 Å². The molecular weight excluding hydrogens is 412 g/mol. The van der Waals surface area contributed by atoms with E-state index in [4.69, 9.17) is 4.98 Å². The molecule has 33 heavy (non-hydrogen) atoms. The molecule has 6 nitrogen and oxygen atoms in total. The van der Waals surface area contributed by atoms with Crippen LogP contribution in [0.15, 0.2) is 60.7 Å². The van der Waals surface area contributed by atoms with E-state index in [0.29, 0.717) is 37.9 Å². The van der Waals surface area contributed by atoms with Gasteiger partial charge in [0.25, 0.3) is 0 Å². The zero-order valence-electron chi connectivity index (χ0n) is 18.8. The normalized spacial score (nSPS) is 17.8. The quantitative estimate of drug-likeness (QED) is 0.563. The van der Waals surface area contributed by atoms with Crippen LogP contribution in [-0.2, 0) is 9.59 Å². The summed E-state index contributed by atoms with van der Waals surface area (Å²) in [4.78, 5) is 32.2. The van der Waals surface area contributed by atoms with Crippen molar-refractivity contribution in [2.45, 2.75) is 44.6 Å². The Morgan fingerprint density at radius 3 is 2.36 bits per heavy atom. The zero-order chi connectivity index (χ0) is 22.6. The second-order valence-electron chi connectivity index (χ2n) is 9.07. The number of aromatic nitrogens is 2. The van der Waals surface area contributed by atoms with Gasteiger partial charge < -0.3 is 9.47 Å². The maximum Gasteiger partial charge on any atom is 0.246 e. The Hall–Kier alpha value is -3.41. The summed E-state index contributed by atoms with van der Waals surface area (Å²) in [5, 5.41) is 3.13.